The lowest BCUT2D eigenvalue weighted by Gasteiger charge is -2.17. The van der Waals surface area contributed by atoms with Crippen molar-refractivity contribution in [3.63, 3.8) is 0 Å². The molecule has 1 aromatic heterocycles. The Hall–Kier alpha value is -3.53. The summed E-state index contributed by atoms with van der Waals surface area (Å²) in [5.41, 5.74) is 0.616. The predicted molar refractivity (Wildman–Crippen MR) is 147 cm³/mol. The summed E-state index contributed by atoms with van der Waals surface area (Å²) in [6.45, 7) is 9.45. The SMILES string of the molecule is CCCn1c(/N=C(/Oc2cccc(OC(F)(F)F)c2)C(C)C)c(C)c(=O)n(C)c1=O.CCc1ccc(Cl)cc1. The first kappa shape index (κ1) is 31.7. The van der Waals surface area contributed by atoms with Crippen molar-refractivity contribution in [2.75, 3.05) is 0 Å². The van der Waals surface area contributed by atoms with E-state index >= 15 is 0 Å². The second kappa shape index (κ2) is 14.0. The van der Waals surface area contributed by atoms with Crippen molar-refractivity contribution in [2.45, 2.75) is 60.4 Å². The molecule has 1 heterocycles. The van der Waals surface area contributed by atoms with Crippen LogP contribution in [0.3, 0.4) is 0 Å². The summed E-state index contributed by atoms with van der Waals surface area (Å²) in [5.74, 6) is -0.340. The second-order valence-corrected chi connectivity index (χ2v) is 9.39. The quantitative estimate of drug-likeness (QED) is 0.232. The van der Waals surface area contributed by atoms with Gasteiger partial charge in [-0.15, -0.1) is 13.2 Å². The first-order chi connectivity index (χ1) is 18.3. The number of alkyl halides is 3. The highest BCUT2D eigenvalue weighted by Crippen LogP contribution is 2.27. The Labute approximate surface area is 230 Å². The number of ether oxygens (including phenoxy) is 2. The minimum absolute atomic E-state index is 0.0788. The molecule has 11 heteroatoms. The first-order valence-electron chi connectivity index (χ1n) is 12.4. The number of aliphatic imine (C=N–C) groups is 1. The Morgan fingerprint density at radius 2 is 1.67 bits per heavy atom. The van der Waals surface area contributed by atoms with Gasteiger partial charge in [-0.3, -0.25) is 13.9 Å². The molecule has 0 N–H and O–H groups in total. The van der Waals surface area contributed by atoms with E-state index in [9.17, 15) is 22.8 Å². The van der Waals surface area contributed by atoms with Gasteiger partial charge in [-0.05, 0) is 49.6 Å². The van der Waals surface area contributed by atoms with Gasteiger partial charge in [-0.25, -0.2) is 4.79 Å². The number of hydrogen-bond acceptors (Lipinski definition) is 5. The van der Waals surface area contributed by atoms with Gasteiger partial charge in [0.05, 0.1) is 5.56 Å². The van der Waals surface area contributed by atoms with Gasteiger partial charge in [0.15, 0.2) is 5.90 Å². The van der Waals surface area contributed by atoms with E-state index in [1.54, 1.807) is 20.8 Å². The fourth-order valence-electron chi connectivity index (χ4n) is 3.43. The summed E-state index contributed by atoms with van der Waals surface area (Å²) in [4.78, 5) is 29.3. The Morgan fingerprint density at radius 1 is 1.05 bits per heavy atom. The fraction of sp³-hybridized carbons (Fsp3) is 0.393. The van der Waals surface area contributed by atoms with Gasteiger partial charge in [-0.1, -0.05) is 57.5 Å². The van der Waals surface area contributed by atoms with Crippen molar-refractivity contribution < 1.29 is 22.6 Å². The average Bonchev–Trinajstić information content (AvgIpc) is 2.87. The number of aryl methyl sites for hydroxylation is 1. The van der Waals surface area contributed by atoms with E-state index in [-0.39, 0.29) is 28.9 Å². The van der Waals surface area contributed by atoms with Crippen LogP contribution in [-0.4, -0.2) is 21.4 Å². The zero-order chi connectivity index (χ0) is 29.3. The molecule has 7 nitrogen and oxygen atoms in total. The molecule has 2 aromatic carbocycles. The highest BCUT2D eigenvalue weighted by atomic mass is 35.5. The van der Waals surface area contributed by atoms with Crippen molar-refractivity contribution in [1.82, 2.24) is 9.13 Å². The zero-order valence-electron chi connectivity index (χ0n) is 22.8. The Morgan fingerprint density at radius 3 is 2.21 bits per heavy atom. The van der Waals surface area contributed by atoms with Crippen LogP contribution in [0.2, 0.25) is 5.02 Å². The number of hydrogen-bond donors (Lipinski definition) is 0. The van der Waals surface area contributed by atoms with E-state index < -0.39 is 23.4 Å². The van der Waals surface area contributed by atoms with E-state index in [1.165, 1.54) is 29.3 Å². The summed E-state index contributed by atoms with van der Waals surface area (Å²) in [6.07, 6.45) is -3.11. The van der Waals surface area contributed by atoms with Crippen LogP contribution in [0, 0.1) is 12.8 Å². The van der Waals surface area contributed by atoms with Gasteiger partial charge in [0, 0.05) is 30.6 Å². The van der Waals surface area contributed by atoms with Crippen LogP contribution in [0.4, 0.5) is 19.0 Å². The van der Waals surface area contributed by atoms with E-state index in [4.69, 9.17) is 16.3 Å². The lowest BCUT2D eigenvalue weighted by molar-refractivity contribution is -0.274. The maximum atomic E-state index is 12.5. The van der Waals surface area contributed by atoms with Crippen LogP contribution in [-0.2, 0) is 20.0 Å². The number of nitrogens with zero attached hydrogens (tertiary/aromatic N) is 3. The van der Waals surface area contributed by atoms with Gasteiger partial charge in [0.2, 0.25) is 0 Å². The van der Waals surface area contributed by atoms with Crippen molar-refractivity contribution in [3.05, 3.63) is 85.5 Å². The summed E-state index contributed by atoms with van der Waals surface area (Å²) in [5, 5.41) is 0.812. The van der Waals surface area contributed by atoms with Gasteiger partial charge in [-0.2, -0.15) is 4.99 Å². The average molecular weight is 568 g/mol. The summed E-state index contributed by atoms with van der Waals surface area (Å²) in [6, 6.07) is 13.0. The smallest absolute Gasteiger partial charge is 0.443 e. The van der Waals surface area contributed by atoms with Gasteiger partial charge >= 0.3 is 12.1 Å². The standard InChI is InChI=1S/C20H24F3N3O4.C8H9Cl/c1-6-10-26-16(13(4)18(27)25(5)19(26)28)24-17(12(2)3)29-14-8-7-9-15(11-14)30-20(21,22)23;1-2-7-3-5-8(9)6-4-7/h7-9,11-12H,6,10H2,1-5H3;3-6H,2H2,1H3/b24-17+;. The van der Waals surface area contributed by atoms with Crippen molar-refractivity contribution in [3.8, 4) is 11.5 Å². The van der Waals surface area contributed by atoms with E-state index in [0.717, 1.165) is 28.1 Å². The number of aromatic nitrogens is 2. The summed E-state index contributed by atoms with van der Waals surface area (Å²) >= 11 is 5.67. The fourth-order valence-corrected chi connectivity index (χ4v) is 3.55. The predicted octanol–water partition coefficient (Wildman–Crippen LogP) is 6.83. The maximum Gasteiger partial charge on any atom is 0.573 e. The number of benzene rings is 2. The highest BCUT2D eigenvalue weighted by Gasteiger charge is 2.31. The lowest BCUT2D eigenvalue weighted by Crippen LogP contribution is -2.39. The van der Waals surface area contributed by atoms with Gasteiger partial charge in [0.25, 0.3) is 5.56 Å². The summed E-state index contributed by atoms with van der Waals surface area (Å²) in [7, 11) is 1.39. The molecular formula is C28H33ClF3N3O4. The molecule has 0 aliphatic rings. The van der Waals surface area contributed by atoms with Crippen molar-refractivity contribution in [1.29, 1.82) is 0 Å². The third-order valence-corrected chi connectivity index (χ3v) is 5.73. The van der Waals surface area contributed by atoms with Gasteiger partial charge in [0.1, 0.15) is 17.3 Å². The minimum Gasteiger partial charge on any atom is -0.443 e. The van der Waals surface area contributed by atoms with Crippen LogP contribution in [0.25, 0.3) is 0 Å². The van der Waals surface area contributed by atoms with E-state index in [2.05, 4.69) is 16.7 Å². The molecule has 0 amide bonds. The van der Waals surface area contributed by atoms with Crippen molar-refractivity contribution >= 4 is 23.3 Å². The number of rotatable bonds is 7. The molecule has 0 fully saturated rings. The molecule has 0 spiro atoms. The van der Waals surface area contributed by atoms with Crippen LogP contribution in [0.15, 0.2) is 63.1 Å². The zero-order valence-corrected chi connectivity index (χ0v) is 23.6. The monoisotopic (exact) mass is 567 g/mol. The van der Waals surface area contributed by atoms with Crippen LogP contribution < -0.4 is 20.7 Å². The molecule has 0 saturated carbocycles. The first-order valence-corrected chi connectivity index (χ1v) is 12.8. The largest absolute Gasteiger partial charge is 0.573 e. The van der Waals surface area contributed by atoms with Crippen molar-refractivity contribution in [2.24, 2.45) is 18.0 Å². The molecule has 0 aliphatic heterocycles. The lowest BCUT2D eigenvalue weighted by atomic mass is 10.2. The molecule has 0 atom stereocenters. The normalized spacial score (nSPS) is 11.7. The molecule has 0 bridgehead atoms. The molecule has 212 valence electrons. The minimum atomic E-state index is -4.83. The van der Waals surface area contributed by atoms with E-state index in [1.807, 2.05) is 31.2 Å². The Kier molecular flexibility index (Phi) is 11.4. The third kappa shape index (κ3) is 9.31. The maximum absolute atomic E-state index is 12.5. The topological polar surface area (TPSA) is 74.8 Å². The molecule has 3 rings (SSSR count). The molecule has 0 aliphatic carbocycles. The molecule has 3 aromatic rings. The van der Waals surface area contributed by atoms with Crippen LogP contribution >= 0.6 is 11.6 Å². The number of halogens is 4. The Bertz CT molecular complexity index is 1400. The van der Waals surface area contributed by atoms with Gasteiger partial charge < -0.3 is 9.47 Å². The van der Waals surface area contributed by atoms with Crippen LogP contribution in [0.1, 0.15) is 45.2 Å². The molecule has 0 unspecified atom stereocenters. The van der Waals surface area contributed by atoms with Crippen LogP contribution in [0.5, 0.6) is 11.5 Å². The summed E-state index contributed by atoms with van der Waals surface area (Å²) < 4.78 is 49.4. The Balaban J connectivity index is 0.000000499. The molecule has 0 radical (unpaired) electrons. The molecular weight excluding hydrogens is 535 g/mol. The third-order valence-electron chi connectivity index (χ3n) is 5.47. The highest BCUT2D eigenvalue weighted by molar-refractivity contribution is 6.30. The molecule has 0 saturated heterocycles. The second-order valence-electron chi connectivity index (χ2n) is 8.96. The molecule has 39 heavy (non-hydrogen) atoms. The van der Waals surface area contributed by atoms with E-state index in [0.29, 0.717) is 13.0 Å².